The molecule has 0 bridgehead atoms. The first kappa shape index (κ1) is 23.1. The number of thiocarbonyl (C=S) groups is 1. The lowest BCUT2D eigenvalue weighted by molar-refractivity contribution is -0.137. The van der Waals surface area contributed by atoms with Crippen LogP contribution >= 0.6 is 35.6 Å². The van der Waals surface area contributed by atoms with Crippen molar-refractivity contribution in [2.75, 3.05) is 11.9 Å². The highest BCUT2D eigenvalue weighted by Gasteiger charge is 2.33. The van der Waals surface area contributed by atoms with E-state index in [-0.39, 0.29) is 33.6 Å². The lowest BCUT2D eigenvalue weighted by Crippen LogP contribution is -2.31. The number of anilines is 1. The Morgan fingerprint density at radius 2 is 2.00 bits per heavy atom. The number of alkyl halides is 3. The van der Waals surface area contributed by atoms with Crippen LogP contribution in [0.2, 0.25) is 5.02 Å². The Labute approximate surface area is 189 Å². The Balaban J connectivity index is 1.64. The van der Waals surface area contributed by atoms with Crippen molar-refractivity contribution < 1.29 is 27.9 Å². The minimum Gasteiger partial charge on any atom is -0.507 e. The first-order valence-corrected chi connectivity index (χ1v) is 10.4. The van der Waals surface area contributed by atoms with Crippen LogP contribution in [0.1, 0.15) is 17.5 Å². The van der Waals surface area contributed by atoms with Gasteiger partial charge in [0.15, 0.2) is 0 Å². The lowest BCUT2D eigenvalue weighted by atomic mass is 10.2. The second kappa shape index (κ2) is 9.29. The number of rotatable bonds is 5. The van der Waals surface area contributed by atoms with Crippen molar-refractivity contribution in [3.05, 3.63) is 63.5 Å². The summed E-state index contributed by atoms with van der Waals surface area (Å²) in [7, 11) is 0. The molecule has 0 aromatic heterocycles. The number of halogens is 4. The number of phenols is 1. The number of phenolic OH excluding ortho intramolecular Hbond substituents is 1. The van der Waals surface area contributed by atoms with Crippen LogP contribution in [0, 0.1) is 0 Å². The molecule has 2 amide bonds. The van der Waals surface area contributed by atoms with E-state index in [1.165, 1.54) is 41.3 Å². The lowest BCUT2D eigenvalue weighted by Gasteiger charge is -2.14. The maximum Gasteiger partial charge on any atom is 0.416 e. The van der Waals surface area contributed by atoms with Crippen molar-refractivity contribution in [2.45, 2.75) is 12.6 Å². The van der Waals surface area contributed by atoms with Gasteiger partial charge >= 0.3 is 6.18 Å². The van der Waals surface area contributed by atoms with Crippen LogP contribution in [0.25, 0.3) is 6.08 Å². The number of aromatic hydroxyl groups is 1. The largest absolute Gasteiger partial charge is 0.507 e. The Morgan fingerprint density at radius 3 is 2.71 bits per heavy atom. The van der Waals surface area contributed by atoms with Crippen LogP contribution in [0.5, 0.6) is 5.75 Å². The molecule has 0 saturated carbocycles. The van der Waals surface area contributed by atoms with E-state index >= 15 is 0 Å². The number of hydrogen-bond acceptors (Lipinski definition) is 5. The number of hydrogen-bond donors (Lipinski definition) is 2. The smallest absolute Gasteiger partial charge is 0.416 e. The summed E-state index contributed by atoms with van der Waals surface area (Å²) in [5.41, 5.74) is -0.534. The fourth-order valence-corrected chi connectivity index (χ4v) is 4.17. The van der Waals surface area contributed by atoms with Gasteiger partial charge in [0, 0.05) is 29.2 Å². The van der Waals surface area contributed by atoms with Crippen LogP contribution in [0.3, 0.4) is 0 Å². The van der Waals surface area contributed by atoms with E-state index in [1.54, 1.807) is 0 Å². The summed E-state index contributed by atoms with van der Waals surface area (Å²) in [6.07, 6.45) is -3.24. The zero-order valence-electron chi connectivity index (χ0n) is 15.6. The molecule has 1 aliphatic rings. The molecule has 31 heavy (non-hydrogen) atoms. The number of amides is 2. The van der Waals surface area contributed by atoms with Gasteiger partial charge in [-0.2, -0.15) is 13.2 Å². The van der Waals surface area contributed by atoms with Gasteiger partial charge in [0.1, 0.15) is 10.1 Å². The topological polar surface area (TPSA) is 69.6 Å². The minimum atomic E-state index is -4.52. The van der Waals surface area contributed by atoms with Crippen molar-refractivity contribution in [2.24, 2.45) is 0 Å². The molecule has 1 aliphatic heterocycles. The number of carbonyl (C=O) groups is 2. The minimum absolute atomic E-state index is 0.00143. The molecule has 0 spiro atoms. The highest BCUT2D eigenvalue weighted by atomic mass is 35.5. The third-order valence-electron chi connectivity index (χ3n) is 4.19. The average Bonchev–Trinajstić information content (AvgIpc) is 2.95. The first-order chi connectivity index (χ1) is 14.5. The molecule has 0 radical (unpaired) electrons. The first-order valence-electron chi connectivity index (χ1n) is 8.75. The summed E-state index contributed by atoms with van der Waals surface area (Å²) in [4.78, 5) is 26.2. The van der Waals surface area contributed by atoms with Crippen molar-refractivity contribution in [1.29, 1.82) is 0 Å². The van der Waals surface area contributed by atoms with Crippen molar-refractivity contribution >= 4 is 63.5 Å². The van der Waals surface area contributed by atoms with Crippen LogP contribution in [-0.4, -0.2) is 32.7 Å². The van der Waals surface area contributed by atoms with Gasteiger partial charge in [-0.25, -0.2) is 0 Å². The Morgan fingerprint density at radius 1 is 1.26 bits per heavy atom. The van der Waals surface area contributed by atoms with Gasteiger partial charge in [-0.05, 0) is 42.5 Å². The normalized spacial score (nSPS) is 15.6. The second-order valence-corrected chi connectivity index (χ2v) is 8.53. The average molecular weight is 487 g/mol. The van der Waals surface area contributed by atoms with E-state index in [9.17, 15) is 27.9 Å². The highest BCUT2D eigenvalue weighted by molar-refractivity contribution is 8.26. The van der Waals surface area contributed by atoms with Crippen LogP contribution in [0.15, 0.2) is 47.4 Å². The molecule has 2 aromatic rings. The van der Waals surface area contributed by atoms with E-state index in [1.807, 2.05) is 0 Å². The molecule has 1 heterocycles. The summed E-state index contributed by atoms with van der Waals surface area (Å²) in [6.45, 7) is -0.0473. The molecule has 1 fully saturated rings. The van der Waals surface area contributed by atoms with Crippen molar-refractivity contribution in [3.63, 3.8) is 0 Å². The molecule has 0 atom stereocenters. The van der Waals surface area contributed by atoms with Crippen LogP contribution in [0.4, 0.5) is 18.9 Å². The molecule has 11 heteroatoms. The standard InChI is InChI=1S/C20H14ClF3N2O3S2/c21-13-4-5-15(27)11(8-13)9-16-18(29)26(19(30)31-16)7-6-17(28)25-14-3-1-2-12(10-14)20(22,23)24/h1-5,8-10,27H,6-7H2,(H,25,28)/b16-9-. The Kier molecular flexibility index (Phi) is 6.93. The van der Waals surface area contributed by atoms with E-state index in [0.717, 1.165) is 23.9 Å². The molecule has 0 unspecified atom stereocenters. The summed E-state index contributed by atoms with van der Waals surface area (Å²) in [5, 5.41) is 12.7. The molecule has 5 nitrogen and oxygen atoms in total. The molecule has 1 saturated heterocycles. The maximum atomic E-state index is 12.8. The molecular formula is C20H14ClF3N2O3S2. The predicted octanol–water partition coefficient (Wildman–Crippen LogP) is 5.29. The van der Waals surface area contributed by atoms with E-state index < -0.39 is 23.6 Å². The molecule has 2 aromatic carbocycles. The molecule has 3 rings (SSSR count). The van der Waals surface area contributed by atoms with E-state index in [0.29, 0.717) is 10.6 Å². The van der Waals surface area contributed by atoms with Crippen LogP contribution in [-0.2, 0) is 15.8 Å². The van der Waals surface area contributed by atoms with E-state index in [2.05, 4.69) is 5.32 Å². The maximum absolute atomic E-state index is 12.8. The van der Waals surface area contributed by atoms with Gasteiger partial charge in [0.2, 0.25) is 5.91 Å². The number of benzene rings is 2. The summed E-state index contributed by atoms with van der Waals surface area (Å²) in [6, 6.07) is 8.66. The molecular weight excluding hydrogens is 473 g/mol. The zero-order valence-corrected chi connectivity index (χ0v) is 18.0. The van der Waals surface area contributed by atoms with Crippen molar-refractivity contribution in [3.8, 4) is 5.75 Å². The van der Waals surface area contributed by atoms with Gasteiger partial charge in [-0.3, -0.25) is 14.5 Å². The third kappa shape index (κ3) is 5.78. The second-order valence-electron chi connectivity index (χ2n) is 6.41. The fraction of sp³-hybridized carbons (Fsp3) is 0.150. The number of carbonyl (C=O) groups excluding carboxylic acids is 2. The number of nitrogens with zero attached hydrogens (tertiary/aromatic N) is 1. The summed E-state index contributed by atoms with van der Waals surface area (Å²) < 4.78 is 38.6. The summed E-state index contributed by atoms with van der Waals surface area (Å²) >= 11 is 12.1. The Bertz CT molecular complexity index is 1090. The SMILES string of the molecule is O=C(CCN1C(=O)/C(=C/c2cc(Cl)ccc2O)SC1=S)Nc1cccc(C(F)(F)F)c1. The van der Waals surface area contributed by atoms with Gasteiger partial charge in [-0.15, -0.1) is 0 Å². The highest BCUT2D eigenvalue weighted by Crippen LogP contribution is 2.35. The van der Waals surface area contributed by atoms with E-state index in [4.69, 9.17) is 23.8 Å². The zero-order chi connectivity index (χ0) is 22.8. The number of thioether (sulfide) groups is 1. The predicted molar refractivity (Wildman–Crippen MR) is 118 cm³/mol. The monoisotopic (exact) mass is 486 g/mol. The quantitative estimate of drug-likeness (QED) is 0.443. The Hall–Kier alpha value is -2.56. The number of nitrogens with one attached hydrogen (secondary N) is 1. The van der Waals surface area contributed by atoms with Gasteiger partial charge < -0.3 is 10.4 Å². The van der Waals surface area contributed by atoms with Gasteiger partial charge in [-0.1, -0.05) is 41.6 Å². The van der Waals surface area contributed by atoms with Gasteiger partial charge in [0.25, 0.3) is 5.91 Å². The summed E-state index contributed by atoms with van der Waals surface area (Å²) in [5.74, 6) is -1.07. The molecule has 2 N–H and O–H groups in total. The van der Waals surface area contributed by atoms with Gasteiger partial charge in [0.05, 0.1) is 10.5 Å². The van der Waals surface area contributed by atoms with Crippen LogP contribution < -0.4 is 5.32 Å². The molecule has 0 aliphatic carbocycles. The third-order valence-corrected chi connectivity index (χ3v) is 5.80. The fourth-order valence-electron chi connectivity index (χ4n) is 2.69. The van der Waals surface area contributed by atoms with Crippen molar-refractivity contribution in [1.82, 2.24) is 4.90 Å². The molecule has 162 valence electrons.